The average molecular weight is 289 g/mol. The van der Waals surface area contributed by atoms with Crippen molar-refractivity contribution in [3.8, 4) is 5.75 Å². The van der Waals surface area contributed by atoms with Crippen molar-refractivity contribution in [2.24, 2.45) is 5.73 Å². The Labute approximate surface area is 122 Å². The number of rotatable bonds is 3. The third kappa shape index (κ3) is 2.90. The van der Waals surface area contributed by atoms with Crippen LogP contribution >= 0.6 is 0 Å². The van der Waals surface area contributed by atoms with Crippen LogP contribution < -0.4 is 10.5 Å². The molecule has 0 amide bonds. The minimum absolute atomic E-state index is 0.153. The molecule has 0 saturated carbocycles. The first kappa shape index (κ1) is 14.0. The monoisotopic (exact) mass is 289 g/mol. The van der Waals surface area contributed by atoms with Crippen molar-refractivity contribution in [1.82, 2.24) is 0 Å². The zero-order valence-corrected chi connectivity index (χ0v) is 11.6. The molecule has 0 spiro atoms. The normalized spacial score (nSPS) is 18.7. The summed E-state index contributed by atoms with van der Waals surface area (Å²) in [5.41, 5.74) is 8.12. The van der Waals surface area contributed by atoms with Crippen LogP contribution in [0.25, 0.3) is 0 Å². The second kappa shape index (κ2) is 5.82. The Morgan fingerprint density at radius 3 is 2.76 bits per heavy atom. The summed E-state index contributed by atoms with van der Waals surface area (Å²) in [7, 11) is 0. The summed E-state index contributed by atoms with van der Waals surface area (Å²) in [6, 6.07) is 11.7. The van der Waals surface area contributed by atoms with Crippen LogP contribution in [-0.4, -0.2) is 12.6 Å². The van der Waals surface area contributed by atoms with E-state index in [1.165, 1.54) is 6.07 Å². The summed E-state index contributed by atoms with van der Waals surface area (Å²) >= 11 is 0. The predicted molar refractivity (Wildman–Crippen MR) is 77.3 cm³/mol. The maximum atomic E-state index is 13.3. The fourth-order valence-corrected chi connectivity index (χ4v) is 2.90. The van der Waals surface area contributed by atoms with Gasteiger partial charge in [0.15, 0.2) is 11.6 Å². The fourth-order valence-electron chi connectivity index (χ4n) is 2.90. The van der Waals surface area contributed by atoms with Gasteiger partial charge in [0.1, 0.15) is 5.75 Å². The van der Waals surface area contributed by atoms with Gasteiger partial charge in [0.05, 0.1) is 6.61 Å². The zero-order chi connectivity index (χ0) is 14.8. The third-order valence-electron chi connectivity index (χ3n) is 3.98. The maximum Gasteiger partial charge on any atom is 0.159 e. The highest BCUT2D eigenvalue weighted by atomic mass is 19.2. The lowest BCUT2D eigenvalue weighted by atomic mass is 9.84. The highest BCUT2D eigenvalue weighted by Gasteiger charge is 2.26. The molecule has 21 heavy (non-hydrogen) atoms. The van der Waals surface area contributed by atoms with Crippen LogP contribution in [0.1, 0.15) is 23.5 Å². The minimum Gasteiger partial charge on any atom is -0.493 e. The second-order valence-corrected chi connectivity index (χ2v) is 5.40. The van der Waals surface area contributed by atoms with Crippen LogP contribution in [0.3, 0.4) is 0 Å². The number of hydrogen-bond donors (Lipinski definition) is 1. The summed E-state index contributed by atoms with van der Waals surface area (Å²) in [6.45, 7) is 0.632. The Kier molecular flexibility index (Phi) is 3.88. The fraction of sp³-hybridized carbons (Fsp3) is 0.294. The molecule has 0 radical (unpaired) electrons. The first-order valence-electron chi connectivity index (χ1n) is 7.06. The molecule has 2 nitrogen and oxygen atoms in total. The van der Waals surface area contributed by atoms with Gasteiger partial charge in [-0.25, -0.2) is 8.78 Å². The molecular formula is C17H17F2NO. The van der Waals surface area contributed by atoms with E-state index in [2.05, 4.69) is 0 Å². The zero-order valence-electron chi connectivity index (χ0n) is 11.6. The summed E-state index contributed by atoms with van der Waals surface area (Å²) in [6.07, 6.45) is 1.35. The van der Waals surface area contributed by atoms with Crippen LogP contribution in [0.2, 0.25) is 0 Å². The van der Waals surface area contributed by atoms with Gasteiger partial charge in [-0.3, -0.25) is 0 Å². The molecule has 2 atom stereocenters. The molecule has 0 aliphatic carbocycles. The predicted octanol–water partition coefficient (Wildman–Crippen LogP) is 3.40. The van der Waals surface area contributed by atoms with Gasteiger partial charge < -0.3 is 10.5 Å². The van der Waals surface area contributed by atoms with Gasteiger partial charge in [-0.05, 0) is 42.2 Å². The first-order chi connectivity index (χ1) is 10.1. The summed E-state index contributed by atoms with van der Waals surface area (Å²) in [5, 5.41) is 0. The summed E-state index contributed by atoms with van der Waals surface area (Å²) in [5.74, 6) is -0.617. The van der Waals surface area contributed by atoms with Crippen LogP contribution in [0, 0.1) is 11.6 Å². The van der Waals surface area contributed by atoms with Gasteiger partial charge in [-0.15, -0.1) is 0 Å². The molecule has 1 aliphatic rings. The maximum absolute atomic E-state index is 13.3. The number of benzene rings is 2. The van der Waals surface area contributed by atoms with Crippen LogP contribution in [0.4, 0.5) is 8.78 Å². The van der Waals surface area contributed by atoms with Gasteiger partial charge >= 0.3 is 0 Å². The van der Waals surface area contributed by atoms with Gasteiger partial charge in [-0.2, -0.15) is 0 Å². The van der Waals surface area contributed by atoms with Crippen LogP contribution in [-0.2, 0) is 6.42 Å². The summed E-state index contributed by atoms with van der Waals surface area (Å²) < 4.78 is 31.9. The van der Waals surface area contributed by atoms with Crippen LogP contribution in [0.5, 0.6) is 5.75 Å². The molecule has 0 bridgehead atoms. The van der Waals surface area contributed by atoms with E-state index in [0.717, 1.165) is 23.8 Å². The van der Waals surface area contributed by atoms with E-state index in [1.54, 1.807) is 6.07 Å². The third-order valence-corrected chi connectivity index (χ3v) is 3.98. The van der Waals surface area contributed by atoms with E-state index in [4.69, 9.17) is 10.5 Å². The largest absolute Gasteiger partial charge is 0.493 e. The molecule has 2 N–H and O–H groups in total. The van der Waals surface area contributed by atoms with Crippen molar-refractivity contribution in [3.05, 3.63) is 65.2 Å². The lowest BCUT2D eigenvalue weighted by Crippen LogP contribution is -2.34. The Balaban J connectivity index is 1.80. The number of hydrogen-bond acceptors (Lipinski definition) is 2. The summed E-state index contributed by atoms with van der Waals surface area (Å²) in [4.78, 5) is 0. The van der Waals surface area contributed by atoms with E-state index >= 15 is 0 Å². The van der Waals surface area contributed by atoms with Crippen molar-refractivity contribution < 1.29 is 13.5 Å². The van der Waals surface area contributed by atoms with Crippen molar-refractivity contribution in [2.75, 3.05) is 6.61 Å². The standard InChI is InChI=1S/C17H17F2NO/c18-14-6-5-11(9-15(14)19)10-16(20)12-7-8-21-17-4-2-1-3-13(12)17/h1-6,9,12,16H,7-8,10,20H2. The highest BCUT2D eigenvalue weighted by Crippen LogP contribution is 2.35. The first-order valence-corrected chi connectivity index (χ1v) is 7.06. The Bertz CT molecular complexity index is 644. The van der Waals surface area contributed by atoms with Crippen molar-refractivity contribution in [2.45, 2.75) is 24.8 Å². The second-order valence-electron chi connectivity index (χ2n) is 5.40. The van der Waals surface area contributed by atoms with E-state index in [1.807, 2.05) is 24.3 Å². The number of nitrogens with two attached hydrogens (primary N) is 1. The molecule has 1 heterocycles. The molecule has 1 aliphatic heterocycles. The highest BCUT2D eigenvalue weighted by molar-refractivity contribution is 5.39. The number of fused-ring (bicyclic) bond motifs is 1. The molecule has 2 unspecified atom stereocenters. The number of para-hydroxylation sites is 1. The van der Waals surface area contributed by atoms with Crippen molar-refractivity contribution >= 4 is 0 Å². The van der Waals surface area contributed by atoms with Gasteiger partial charge in [0.25, 0.3) is 0 Å². The number of halogens is 2. The number of ether oxygens (including phenoxy) is 1. The van der Waals surface area contributed by atoms with Gasteiger partial charge in [0, 0.05) is 12.0 Å². The van der Waals surface area contributed by atoms with E-state index in [9.17, 15) is 8.78 Å². The van der Waals surface area contributed by atoms with Crippen LogP contribution in [0.15, 0.2) is 42.5 Å². The van der Waals surface area contributed by atoms with E-state index in [0.29, 0.717) is 18.6 Å². The molecule has 4 heteroatoms. The smallest absolute Gasteiger partial charge is 0.159 e. The molecule has 2 aromatic carbocycles. The molecule has 3 rings (SSSR count). The lowest BCUT2D eigenvalue weighted by molar-refractivity contribution is 0.254. The Morgan fingerprint density at radius 2 is 1.95 bits per heavy atom. The molecule has 0 aromatic heterocycles. The minimum atomic E-state index is -0.830. The Morgan fingerprint density at radius 1 is 1.14 bits per heavy atom. The lowest BCUT2D eigenvalue weighted by Gasteiger charge is -2.30. The molecule has 2 aromatic rings. The van der Waals surface area contributed by atoms with Crippen molar-refractivity contribution in [3.63, 3.8) is 0 Å². The molecule has 110 valence electrons. The SMILES string of the molecule is NC(Cc1ccc(F)c(F)c1)C1CCOc2ccccc21. The van der Waals surface area contributed by atoms with E-state index in [-0.39, 0.29) is 12.0 Å². The van der Waals surface area contributed by atoms with Crippen molar-refractivity contribution in [1.29, 1.82) is 0 Å². The molecular weight excluding hydrogens is 272 g/mol. The molecule has 0 fully saturated rings. The van der Waals surface area contributed by atoms with E-state index < -0.39 is 11.6 Å². The topological polar surface area (TPSA) is 35.2 Å². The average Bonchev–Trinajstić information content (AvgIpc) is 2.50. The van der Waals surface area contributed by atoms with Gasteiger partial charge in [0.2, 0.25) is 0 Å². The quantitative estimate of drug-likeness (QED) is 0.940. The Hall–Kier alpha value is -1.94. The molecule has 0 saturated heterocycles. The van der Waals surface area contributed by atoms with Gasteiger partial charge in [-0.1, -0.05) is 24.3 Å².